The van der Waals surface area contributed by atoms with E-state index in [1.165, 1.54) is 11.3 Å². The SMILES string of the molecule is NC(=O)CNc1ccc2scnc2c1N. The second-order valence-corrected chi connectivity index (χ2v) is 3.93. The molecule has 0 aliphatic heterocycles. The van der Waals surface area contributed by atoms with Crippen LogP contribution in [-0.4, -0.2) is 17.4 Å². The fourth-order valence-corrected chi connectivity index (χ4v) is 1.98. The molecular formula is C9H10N4OS. The van der Waals surface area contributed by atoms with Crippen molar-refractivity contribution in [1.82, 2.24) is 4.98 Å². The Balaban J connectivity index is 2.35. The Labute approximate surface area is 90.1 Å². The zero-order valence-electron chi connectivity index (χ0n) is 7.86. The molecule has 1 amide bonds. The zero-order valence-corrected chi connectivity index (χ0v) is 8.67. The van der Waals surface area contributed by atoms with Gasteiger partial charge in [0.05, 0.1) is 28.1 Å². The number of rotatable bonds is 3. The average Bonchev–Trinajstić information content (AvgIpc) is 2.65. The van der Waals surface area contributed by atoms with Crippen molar-refractivity contribution in [3.63, 3.8) is 0 Å². The molecule has 0 atom stereocenters. The van der Waals surface area contributed by atoms with Crippen LogP contribution in [-0.2, 0) is 4.79 Å². The zero-order chi connectivity index (χ0) is 10.8. The molecule has 0 saturated carbocycles. The standard InChI is InChI=1S/C9H10N4OS/c10-7(14)3-12-5-1-2-6-9(8(5)11)13-4-15-6/h1-2,4,12H,3,11H2,(H2,10,14). The lowest BCUT2D eigenvalue weighted by atomic mass is 10.2. The van der Waals surface area contributed by atoms with Crippen molar-refractivity contribution in [3.05, 3.63) is 17.6 Å². The van der Waals surface area contributed by atoms with Gasteiger partial charge >= 0.3 is 0 Å². The number of amides is 1. The van der Waals surface area contributed by atoms with E-state index in [1.807, 2.05) is 12.1 Å². The molecule has 0 fully saturated rings. The Morgan fingerprint density at radius 2 is 2.33 bits per heavy atom. The number of carbonyl (C=O) groups excluding carboxylic acids is 1. The minimum Gasteiger partial charge on any atom is -0.395 e. The number of benzene rings is 1. The molecule has 2 rings (SSSR count). The molecule has 0 radical (unpaired) electrons. The summed E-state index contributed by atoms with van der Waals surface area (Å²) in [4.78, 5) is 14.7. The molecule has 1 aromatic carbocycles. The van der Waals surface area contributed by atoms with Crippen molar-refractivity contribution in [2.45, 2.75) is 0 Å². The number of primary amides is 1. The van der Waals surface area contributed by atoms with Gasteiger partial charge in [0.1, 0.15) is 5.52 Å². The van der Waals surface area contributed by atoms with Crippen molar-refractivity contribution in [2.24, 2.45) is 5.73 Å². The number of hydrogen-bond acceptors (Lipinski definition) is 5. The van der Waals surface area contributed by atoms with Gasteiger partial charge in [0, 0.05) is 0 Å². The minimum atomic E-state index is -0.423. The van der Waals surface area contributed by atoms with Crippen LogP contribution in [0.2, 0.25) is 0 Å². The first-order chi connectivity index (χ1) is 7.18. The number of nitrogens with zero attached hydrogens (tertiary/aromatic N) is 1. The summed E-state index contributed by atoms with van der Waals surface area (Å²) in [5, 5.41) is 2.86. The maximum Gasteiger partial charge on any atom is 0.236 e. The highest BCUT2D eigenvalue weighted by Gasteiger charge is 2.06. The molecule has 6 heteroatoms. The lowest BCUT2D eigenvalue weighted by molar-refractivity contribution is -0.116. The van der Waals surface area contributed by atoms with Crippen molar-refractivity contribution in [3.8, 4) is 0 Å². The molecule has 1 heterocycles. The van der Waals surface area contributed by atoms with Crippen molar-refractivity contribution in [2.75, 3.05) is 17.6 Å². The molecule has 5 nitrogen and oxygen atoms in total. The van der Waals surface area contributed by atoms with Crippen LogP contribution in [0, 0.1) is 0 Å². The topological polar surface area (TPSA) is 94.0 Å². The van der Waals surface area contributed by atoms with Gasteiger partial charge in [-0.15, -0.1) is 11.3 Å². The highest BCUT2D eigenvalue weighted by Crippen LogP contribution is 2.29. The summed E-state index contributed by atoms with van der Waals surface area (Å²) in [6, 6.07) is 3.73. The number of nitrogen functional groups attached to an aromatic ring is 1. The first-order valence-electron chi connectivity index (χ1n) is 4.32. The predicted molar refractivity (Wildman–Crippen MR) is 61.7 cm³/mol. The van der Waals surface area contributed by atoms with E-state index in [2.05, 4.69) is 10.3 Å². The molecule has 5 N–H and O–H groups in total. The van der Waals surface area contributed by atoms with E-state index in [9.17, 15) is 4.79 Å². The normalized spacial score (nSPS) is 10.4. The Hall–Kier alpha value is -1.82. The van der Waals surface area contributed by atoms with E-state index in [4.69, 9.17) is 11.5 Å². The number of anilines is 2. The van der Waals surface area contributed by atoms with Gasteiger partial charge < -0.3 is 16.8 Å². The monoisotopic (exact) mass is 222 g/mol. The van der Waals surface area contributed by atoms with Gasteiger partial charge in [-0.1, -0.05) is 0 Å². The largest absolute Gasteiger partial charge is 0.395 e. The van der Waals surface area contributed by atoms with Gasteiger partial charge in [-0.2, -0.15) is 0 Å². The number of nitrogens with two attached hydrogens (primary N) is 2. The van der Waals surface area contributed by atoms with Crippen LogP contribution in [0.1, 0.15) is 0 Å². The van der Waals surface area contributed by atoms with Crippen molar-refractivity contribution >= 4 is 38.8 Å². The molecule has 2 aromatic rings. The van der Waals surface area contributed by atoms with Gasteiger partial charge in [0.25, 0.3) is 0 Å². The first-order valence-corrected chi connectivity index (χ1v) is 5.20. The second kappa shape index (κ2) is 3.74. The lowest BCUT2D eigenvalue weighted by Crippen LogP contribution is -2.22. The van der Waals surface area contributed by atoms with Gasteiger partial charge in [0.15, 0.2) is 0 Å². The summed E-state index contributed by atoms with van der Waals surface area (Å²) in [5.74, 6) is -0.423. The van der Waals surface area contributed by atoms with Gasteiger partial charge in [0.2, 0.25) is 5.91 Å². The molecule has 78 valence electrons. The number of carbonyl (C=O) groups is 1. The van der Waals surface area contributed by atoms with Crippen LogP contribution in [0.3, 0.4) is 0 Å². The summed E-state index contributed by atoms with van der Waals surface area (Å²) in [6.07, 6.45) is 0. The first kappa shape index (κ1) is 9.72. The van der Waals surface area contributed by atoms with Crippen LogP contribution in [0.4, 0.5) is 11.4 Å². The third-order valence-electron chi connectivity index (χ3n) is 1.99. The number of aromatic nitrogens is 1. The smallest absolute Gasteiger partial charge is 0.236 e. The highest BCUT2D eigenvalue weighted by atomic mass is 32.1. The van der Waals surface area contributed by atoms with Crippen LogP contribution >= 0.6 is 11.3 Å². The van der Waals surface area contributed by atoms with Gasteiger partial charge in [-0.05, 0) is 12.1 Å². The van der Waals surface area contributed by atoms with Crippen LogP contribution in [0.5, 0.6) is 0 Å². The molecule has 1 aromatic heterocycles. The van der Waals surface area contributed by atoms with E-state index in [-0.39, 0.29) is 6.54 Å². The Morgan fingerprint density at radius 1 is 1.53 bits per heavy atom. The van der Waals surface area contributed by atoms with Crippen LogP contribution in [0.25, 0.3) is 10.2 Å². The fourth-order valence-electron chi connectivity index (χ4n) is 1.29. The highest BCUT2D eigenvalue weighted by molar-refractivity contribution is 7.16. The maximum absolute atomic E-state index is 10.6. The van der Waals surface area contributed by atoms with E-state index < -0.39 is 5.91 Å². The summed E-state index contributed by atoms with van der Waals surface area (Å²) in [5.41, 5.74) is 14.6. The Bertz CT molecular complexity index is 508. The average molecular weight is 222 g/mol. The third-order valence-corrected chi connectivity index (χ3v) is 2.79. The van der Waals surface area contributed by atoms with Crippen molar-refractivity contribution < 1.29 is 4.79 Å². The summed E-state index contributed by atoms with van der Waals surface area (Å²) < 4.78 is 1.03. The number of nitrogens with one attached hydrogen (secondary N) is 1. The predicted octanol–water partition coefficient (Wildman–Crippen LogP) is 0.776. The van der Waals surface area contributed by atoms with E-state index in [0.29, 0.717) is 11.4 Å². The van der Waals surface area contributed by atoms with E-state index in [0.717, 1.165) is 10.2 Å². The molecule has 15 heavy (non-hydrogen) atoms. The maximum atomic E-state index is 10.6. The molecule has 0 aliphatic rings. The molecule has 0 saturated heterocycles. The Morgan fingerprint density at radius 3 is 3.07 bits per heavy atom. The van der Waals surface area contributed by atoms with Crippen LogP contribution in [0.15, 0.2) is 17.6 Å². The lowest BCUT2D eigenvalue weighted by Gasteiger charge is -2.07. The molecule has 0 aliphatic carbocycles. The van der Waals surface area contributed by atoms with E-state index in [1.54, 1.807) is 5.51 Å². The second-order valence-electron chi connectivity index (χ2n) is 3.05. The van der Waals surface area contributed by atoms with Gasteiger partial charge in [-0.3, -0.25) is 4.79 Å². The van der Waals surface area contributed by atoms with Crippen molar-refractivity contribution in [1.29, 1.82) is 0 Å². The summed E-state index contributed by atoms with van der Waals surface area (Å²) in [7, 11) is 0. The number of thiazole rings is 1. The molecule has 0 unspecified atom stereocenters. The fraction of sp³-hybridized carbons (Fsp3) is 0.111. The molecular weight excluding hydrogens is 212 g/mol. The minimum absolute atomic E-state index is 0.0693. The quantitative estimate of drug-likeness (QED) is 0.669. The van der Waals surface area contributed by atoms with E-state index >= 15 is 0 Å². The number of fused-ring (bicyclic) bond motifs is 1. The molecule has 0 spiro atoms. The summed E-state index contributed by atoms with van der Waals surface area (Å²) >= 11 is 1.52. The van der Waals surface area contributed by atoms with Gasteiger partial charge in [-0.25, -0.2) is 4.98 Å². The van der Waals surface area contributed by atoms with Crippen LogP contribution < -0.4 is 16.8 Å². The third kappa shape index (κ3) is 1.84. The Kier molecular flexibility index (Phi) is 2.42. The summed E-state index contributed by atoms with van der Waals surface area (Å²) in [6.45, 7) is 0.0693. The number of hydrogen-bond donors (Lipinski definition) is 3. The molecule has 0 bridgehead atoms.